The molecule has 0 spiro atoms. The number of hydrogen-bond donors (Lipinski definition) is 1. The summed E-state index contributed by atoms with van der Waals surface area (Å²) in [6.45, 7) is 9.00. The molecule has 0 atom stereocenters. The Hall–Kier alpha value is -1.76. The van der Waals surface area contributed by atoms with Crippen molar-refractivity contribution < 1.29 is 61.1 Å². The van der Waals surface area contributed by atoms with E-state index in [0.717, 1.165) is 41.6 Å². The molecular formula is C33H47N2O6S2Y-. The monoisotopic (exact) mass is 720 g/mol. The molecule has 1 N–H and O–H groups in total. The Labute approximate surface area is 301 Å². The van der Waals surface area contributed by atoms with Crippen molar-refractivity contribution in [1.82, 2.24) is 9.62 Å². The minimum absolute atomic E-state index is 0. The molecule has 0 bridgehead atoms. The first-order valence-electron chi connectivity index (χ1n) is 14.1. The molecule has 1 aliphatic rings. The smallest absolute Gasteiger partial charge is 0.119 e. The van der Waals surface area contributed by atoms with Gasteiger partial charge in [0.15, 0.2) is 0 Å². The Kier molecular flexibility index (Phi) is 25.4. The van der Waals surface area contributed by atoms with Gasteiger partial charge in [0.2, 0.25) is 0 Å². The molecule has 0 unspecified atom stereocenters. The summed E-state index contributed by atoms with van der Waals surface area (Å²) in [6, 6.07) is 24.0. The Balaban J connectivity index is 0.000000766. The van der Waals surface area contributed by atoms with E-state index >= 15 is 0 Å². The number of nitrogens with zero attached hydrogens (tertiary/aromatic N) is 1. The number of nitrogens with one attached hydrogen (secondary N) is 1. The van der Waals surface area contributed by atoms with Crippen LogP contribution in [0.2, 0.25) is 0 Å². The summed E-state index contributed by atoms with van der Waals surface area (Å²) >= 11 is 4.86. The second-order valence-corrected chi connectivity index (χ2v) is 9.22. The molecule has 4 rings (SSSR count). The molecule has 1 aliphatic heterocycles. The molecular weight excluding hydrogens is 673 g/mol. The van der Waals surface area contributed by atoms with Crippen LogP contribution in [0.25, 0.3) is 0 Å². The molecule has 0 saturated heterocycles. The Morgan fingerprint density at radius 3 is 1.43 bits per heavy atom. The van der Waals surface area contributed by atoms with Crippen LogP contribution >= 0.6 is 13.5 Å². The van der Waals surface area contributed by atoms with Crippen molar-refractivity contribution in [2.45, 2.75) is 33.5 Å². The van der Waals surface area contributed by atoms with Crippen molar-refractivity contribution in [2.75, 3.05) is 54.4 Å². The zero-order valence-electron chi connectivity index (χ0n) is 26.5. The van der Waals surface area contributed by atoms with Crippen LogP contribution in [0.15, 0.2) is 84.7 Å². The largest absolute Gasteiger partial charge is 0.661 e. The second-order valence-electron chi connectivity index (χ2n) is 8.82. The molecule has 3 aromatic rings. The minimum atomic E-state index is 0. The predicted molar refractivity (Wildman–Crippen MR) is 180 cm³/mol. The summed E-state index contributed by atoms with van der Waals surface area (Å²) in [5.74, 6) is 2.62. The van der Waals surface area contributed by atoms with Gasteiger partial charge >= 0.3 is 0 Å². The molecule has 44 heavy (non-hydrogen) atoms. The topological polar surface area (TPSA) is 70.4 Å². The summed E-state index contributed by atoms with van der Waals surface area (Å²) in [6.07, 6.45) is 1.86. The third-order valence-electron chi connectivity index (χ3n) is 5.81. The number of hydrogen-bond acceptors (Lipinski definition) is 9. The SMILES string of the molecule is CC.COc1cccc(CNCc2cccc(OC)c2)c1.COc1cccc(COCCOCCOCC2=CN2[S-])c1.S.[Y]. The fraction of sp³-hybridized carbons (Fsp3) is 0.394. The van der Waals surface area contributed by atoms with E-state index < -0.39 is 0 Å². The number of rotatable bonds is 17. The molecule has 0 aromatic heterocycles. The van der Waals surface area contributed by atoms with Gasteiger partial charge in [0.25, 0.3) is 0 Å². The average molecular weight is 721 g/mol. The Bertz CT molecular complexity index is 1140. The fourth-order valence-corrected chi connectivity index (χ4v) is 3.76. The Morgan fingerprint density at radius 1 is 0.614 bits per heavy atom. The third kappa shape index (κ3) is 18.3. The van der Waals surface area contributed by atoms with Crippen molar-refractivity contribution >= 4 is 26.3 Å². The van der Waals surface area contributed by atoms with Crippen LogP contribution in [-0.4, -0.2) is 58.7 Å². The van der Waals surface area contributed by atoms with Gasteiger partial charge in [-0.2, -0.15) is 13.5 Å². The van der Waals surface area contributed by atoms with Crippen LogP contribution in [0.4, 0.5) is 0 Å². The minimum Gasteiger partial charge on any atom is -0.661 e. The summed E-state index contributed by atoms with van der Waals surface area (Å²) < 4.78 is 33.5. The van der Waals surface area contributed by atoms with E-state index in [1.807, 2.05) is 80.7 Å². The van der Waals surface area contributed by atoms with Crippen LogP contribution < -0.4 is 19.5 Å². The summed E-state index contributed by atoms with van der Waals surface area (Å²) in [5.41, 5.74) is 4.56. The van der Waals surface area contributed by atoms with E-state index in [2.05, 4.69) is 17.4 Å². The van der Waals surface area contributed by atoms with Crippen LogP contribution in [0.3, 0.4) is 0 Å². The number of methoxy groups -OCH3 is 3. The van der Waals surface area contributed by atoms with E-state index in [9.17, 15) is 0 Å². The van der Waals surface area contributed by atoms with Gasteiger partial charge < -0.3 is 50.9 Å². The van der Waals surface area contributed by atoms with Gasteiger partial charge in [0.05, 0.1) is 61.0 Å². The molecule has 8 nitrogen and oxygen atoms in total. The Morgan fingerprint density at radius 2 is 1.00 bits per heavy atom. The van der Waals surface area contributed by atoms with Crippen molar-refractivity contribution in [3.8, 4) is 17.2 Å². The van der Waals surface area contributed by atoms with E-state index in [4.69, 9.17) is 41.2 Å². The van der Waals surface area contributed by atoms with Crippen LogP contribution in [0.1, 0.15) is 30.5 Å². The van der Waals surface area contributed by atoms with E-state index in [1.165, 1.54) is 11.1 Å². The average Bonchev–Trinajstić information content (AvgIpc) is 3.76. The second kappa shape index (κ2) is 26.5. The first-order valence-corrected chi connectivity index (χ1v) is 14.5. The predicted octanol–water partition coefficient (Wildman–Crippen LogP) is 5.99. The quantitative estimate of drug-likeness (QED) is 0.134. The van der Waals surface area contributed by atoms with Crippen LogP contribution in [0, 0.1) is 0 Å². The van der Waals surface area contributed by atoms with Gasteiger partial charge in [-0.3, -0.25) is 0 Å². The van der Waals surface area contributed by atoms with Crippen molar-refractivity contribution in [1.29, 1.82) is 0 Å². The number of benzene rings is 3. The fourth-order valence-electron chi connectivity index (χ4n) is 3.59. The standard InChI is InChI=1S/C16H19NO2.C15H20NO4S.C2H6.H2S.Y/c1-18-15-7-3-5-13(9-15)11-17-12-14-6-4-8-16(10-14)19-2;1-17-15-4-2-3-13(9-15)11-19-7-5-18-6-8-20-12-14-10-16(14)21;1-2;;/h3-10,17H,11-12H2,1-2H3;2-4,9-10H,5-8,11-12H2,1H3;1-2H3;1H2;/q;-1;;;. The third-order valence-corrected chi connectivity index (χ3v) is 6.14. The molecule has 0 fully saturated rings. The van der Waals surface area contributed by atoms with Crippen molar-refractivity contribution in [3.05, 3.63) is 101 Å². The van der Waals surface area contributed by atoms with Crippen molar-refractivity contribution in [3.63, 3.8) is 0 Å². The van der Waals surface area contributed by atoms with Gasteiger partial charge in [-0.15, -0.1) is 0 Å². The summed E-state index contributed by atoms with van der Waals surface area (Å²) in [4.78, 5) is 0. The summed E-state index contributed by atoms with van der Waals surface area (Å²) in [7, 11) is 5.02. The van der Waals surface area contributed by atoms with Gasteiger partial charge in [-0.25, -0.2) is 0 Å². The normalized spacial score (nSPS) is 10.9. The molecule has 0 aliphatic carbocycles. The molecule has 3 aromatic carbocycles. The first kappa shape index (κ1) is 42.2. The first-order chi connectivity index (χ1) is 20.6. The number of ether oxygens (including phenoxy) is 6. The zero-order valence-corrected chi connectivity index (χ0v) is 31.2. The molecule has 11 heteroatoms. The van der Waals surface area contributed by atoms with E-state index in [1.54, 1.807) is 25.6 Å². The summed E-state index contributed by atoms with van der Waals surface area (Å²) in [5, 5.41) is 3.41. The molecule has 1 heterocycles. The van der Waals surface area contributed by atoms with Gasteiger partial charge in [-0.05, 0) is 53.1 Å². The maximum absolute atomic E-state index is 5.54. The maximum Gasteiger partial charge on any atom is 0.119 e. The van der Waals surface area contributed by atoms with Gasteiger partial charge in [0, 0.05) is 57.7 Å². The van der Waals surface area contributed by atoms with E-state index in [-0.39, 0.29) is 46.2 Å². The maximum atomic E-state index is 5.54. The zero-order chi connectivity index (χ0) is 30.4. The van der Waals surface area contributed by atoms with Gasteiger partial charge in [0.1, 0.15) is 17.2 Å². The molecule has 0 amide bonds. The molecule has 1 radical (unpaired) electrons. The van der Waals surface area contributed by atoms with Crippen molar-refractivity contribution in [2.24, 2.45) is 0 Å². The van der Waals surface area contributed by atoms with Gasteiger partial charge in [-0.1, -0.05) is 50.2 Å². The van der Waals surface area contributed by atoms with Crippen LogP contribution in [0.5, 0.6) is 17.2 Å². The molecule has 241 valence electrons. The molecule has 0 saturated carbocycles. The van der Waals surface area contributed by atoms with E-state index in [0.29, 0.717) is 39.6 Å². The van der Waals surface area contributed by atoms with Crippen LogP contribution in [-0.2, 0) is 79.4 Å².